The molecule has 0 unspecified atom stereocenters. The Balaban J connectivity index is 1.35. The average Bonchev–Trinajstić information content (AvgIpc) is 3.43. The lowest BCUT2D eigenvalue weighted by Gasteiger charge is -2.11. The first kappa shape index (κ1) is 22.7. The van der Waals surface area contributed by atoms with Crippen LogP contribution in [0.5, 0.6) is 5.75 Å². The molecule has 3 aromatic carbocycles. The van der Waals surface area contributed by atoms with Crippen molar-refractivity contribution in [3.05, 3.63) is 78.9 Å². The second kappa shape index (κ2) is 9.68. The van der Waals surface area contributed by atoms with E-state index >= 15 is 0 Å². The molecule has 5 rings (SSSR count). The molecule has 5 aromatic rings. The molecule has 0 aliphatic rings. The lowest BCUT2D eigenvalue weighted by atomic mass is 10.1. The number of ether oxygens (including phenoxy) is 1. The zero-order valence-corrected chi connectivity index (χ0v) is 20.3. The van der Waals surface area contributed by atoms with Crippen molar-refractivity contribution in [2.75, 3.05) is 18.2 Å². The fourth-order valence-electron chi connectivity index (χ4n) is 4.02. The molecule has 0 atom stereocenters. The molecule has 176 valence electrons. The van der Waals surface area contributed by atoms with Crippen LogP contribution in [-0.2, 0) is 11.3 Å². The molecule has 2 heterocycles. The summed E-state index contributed by atoms with van der Waals surface area (Å²) >= 11 is 1.32. The van der Waals surface area contributed by atoms with Gasteiger partial charge in [0.1, 0.15) is 16.9 Å². The van der Waals surface area contributed by atoms with Crippen molar-refractivity contribution < 1.29 is 13.9 Å². The van der Waals surface area contributed by atoms with E-state index in [1.807, 2.05) is 60.0 Å². The van der Waals surface area contributed by atoms with Crippen molar-refractivity contribution in [1.82, 2.24) is 14.8 Å². The van der Waals surface area contributed by atoms with E-state index in [0.717, 1.165) is 33.3 Å². The Morgan fingerprint density at radius 3 is 2.77 bits per heavy atom. The molecule has 7 nitrogen and oxygen atoms in total. The number of nitrogens with one attached hydrogen (secondary N) is 1. The van der Waals surface area contributed by atoms with Gasteiger partial charge in [0.25, 0.3) is 0 Å². The minimum absolute atomic E-state index is 0.157. The summed E-state index contributed by atoms with van der Waals surface area (Å²) in [5.41, 5.74) is 4.13. The van der Waals surface area contributed by atoms with Gasteiger partial charge in [0.05, 0.1) is 18.6 Å². The summed E-state index contributed by atoms with van der Waals surface area (Å²) in [6.07, 6.45) is 1.79. The number of furan rings is 1. The summed E-state index contributed by atoms with van der Waals surface area (Å²) in [6.45, 7) is 6.43. The number of para-hydroxylation sites is 1. The molecule has 0 saturated carbocycles. The smallest absolute Gasteiger partial charge is 0.234 e. The summed E-state index contributed by atoms with van der Waals surface area (Å²) in [5.74, 6) is 1.28. The highest BCUT2D eigenvalue weighted by atomic mass is 32.2. The lowest BCUT2D eigenvalue weighted by Crippen LogP contribution is -2.15. The number of rotatable bonds is 8. The number of aryl methyl sites for hydroxylation is 1. The van der Waals surface area contributed by atoms with Gasteiger partial charge in [-0.25, -0.2) is 0 Å². The van der Waals surface area contributed by atoms with Crippen LogP contribution in [0.2, 0.25) is 0 Å². The van der Waals surface area contributed by atoms with Crippen molar-refractivity contribution in [2.24, 2.45) is 0 Å². The molecule has 0 spiro atoms. The van der Waals surface area contributed by atoms with Crippen LogP contribution >= 0.6 is 11.8 Å². The Hall–Kier alpha value is -4.04. The maximum absolute atomic E-state index is 12.9. The molecule has 1 N–H and O–H groups in total. The number of allylic oxidation sites excluding steroid dienone is 1. The number of amides is 1. The molecule has 1 amide bonds. The number of hydrogen-bond donors (Lipinski definition) is 1. The first-order valence-corrected chi connectivity index (χ1v) is 12.1. The number of thioether (sulfide) groups is 1. The van der Waals surface area contributed by atoms with Crippen LogP contribution in [0, 0.1) is 6.92 Å². The Morgan fingerprint density at radius 2 is 1.97 bits per heavy atom. The standard InChI is InChI=1S/C27H24N4O3S/c1-4-12-31-26(18-9-7-8-17(2)13-18)29-30-27(31)35-16-25(32)28-21-15-23-20(14-24(21)33-3)19-10-5-6-11-22(19)34-23/h4-11,13-15H,1,12,16H2,2-3H3,(H,28,32). The third-order valence-electron chi connectivity index (χ3n) is 5.61. The second-order valence-corrected chi connectivity index (χ2v) is 9.00. The fourth-order valence-corrected chi connectivity index (χ4v) is 4.77. The first-order valence-electron chi connectivity index (χ1n) is 11.1. The Morgan fingerprint density at radius 1 is 1.11 bits per heavy atom. The first-order chi connectivity index (χ1) is 17.1. The van der Waals surface area contributed by atoms with Gasteiger partial charge in [0.15, 0.2) is 11.0 Å². The van der Waals surface area contributed by atoms with E-state index in [4.69, 9.17) is 9.15 Å². The number of hydrogen-bond acceptors (Lipinski definition) is 6. The normalized spacial score (nSPS) is 11.1. The van der Waals surface area contributed by atoms with Crippen LogP contribution in [0.15, 0.2) is 82.9 Å². The molecule has 0 saturated heterocycles. The van der Waals surface area contributed by atoms with Gasteiger partial charge in [-0.15, -0.1) is 16.8 Å². The van der Waals surface area contributed by atoms with Crippen molar-refractivity contribution in [3.63, 3.8) is 0 Å². The quantitative estimate of drug-likeness (QED) is 0.212. The van der Waals surface area contributed by atoms with E-state index in [-0.39, 0.29) is 11.7 Å². The number of fused-ring (bicyclic) bond motifs is 3. The molecule has 0 bridgehead atoms. The molecule has 8 heteroatoms. The Bertz CT molecular complexity index is 1550. The van der Waals surface area contributed by atoms with E-state index in [2.05, 4.69) is 28.2 Å². The van der Waals surface area contributed by atoms with Crippen LogP contribution in [0.1, 0.15) is 5.56 Å². The molecule has 0 aliphatic carbocycles. The van der Waals surface area contributed by atoms with E-state index in [1.165, 1.54) is 11.8 Å². The second-order valence-electron chi connectivity index (χ2n) is 8.06. The molecule has 2 aromatic heterocycles. The van der Waals surface area contributed by atoms with Crippen molar-refractivity contribution >= 4 is 45.3 Å². The fraction of sp³-hybridized carbons (Fsp3) is 0.148. The van der Waals surface area contributed by atoms with Crippen molar-refractivity contribution in [2.45, 2.75) is 18.6 Å². The molecule has 0 aliphatic heterocycles. The van der Waals surface area contributed by atoms with Gasteiger partial charge in [0, 0.05) is 28.9 Å². The van der Waals surface area contributed by atoms with E-state index < -0.39 is 0 Å². The van der Waals surface area contributed by atoms with Crippen LogP contribution in [0.3, 0.4) is 0 Å². The predicted octanol–water partition coefficient (Wildman–Crippen LogP) is 6.08. The lowest BCUT2D eigenvalue weighted by molar-refractivity contribution is -0.113. The van der Waals surface area contributed by atoms with Crippen LogP contribution in [-0.4, -0.2) is 33.5 Å². The van der Waals surface area contributed by atoms with Gasteiger partial charge in [0.2, 0.25) is 5.91 Å². The van der Waals surface area contributed by atoms with Gasteiger partial charge < -0.3 is 14.5 Å². The summed E-state index contributed by atoms with van der Waals surface area (Å²) in [7, 11) is 1.58. The summed E-state index contributed by atoms with van der Waals surface area (Å²) < 4.78 is 13.5. The predicted molar refractivity (Wildman–Crippen MR) is 140 cm³/mol. The number of aromatic nitrogens is 3. The van der Waals surface area contributed by atoms with E-state index in [9.17, 15) is 4.79 Å². The number of nitrogens with zero attached hydrogens (tertiary/aromatic N) is 3. The largest absolute Gasteiger partial charge is 0.495 e. The van der Waals surface area contributed by atoms with Crippen molar-refractivity contribution in [1.29, 1.82) is 0 Å². The van der Waals surface area contributed by atoms with Crippen LogP contribution < -0.4 is 10.1 Å². The van der Waals surface area contributed by atoms with Gasteiger partial charge in [-0.3, -0.25) is 9.36 Å². The SMILES string of the molecule is C=CCn1c(SCC(=O)Nc2cc3oc4ccccc4c3cc2OC)nnc1-c1cccc(C)c1. The zero-order valence-electron chi connectivity index (χ0n) is 19.4. The number of carbonyl (C=O) groups is 1. The highest BCUT2D eigenvalue weighted by Crippen LogP contribution is 2.36. The third-order valence-corrected chi connectivity index (χ3v) is 6.58. The topological polar surface area (TPSA) is 82.2 Å². The van der Waals surface area contributed by atoms with E-state index in [1.54, 1.807) is 19.3 Å². The third kappa shape index (κ3) is 4.52. The zero-order chi connectivity index (χ0) is 24.4. The summed E-state index contributed by atoms with van der Waals surface area (Å²) in [4.78, 5) is 12.9. The highest BCUT2D eigenvalue weighted by Gasteiger charge is 2.17. The van der Waals surface area contributed by atoms with Gasteiger partial charge >= 0.3 is 0 Å². The molecule has 0 radical (unpaired) electrons. The van der Waals surface area contributed by atoms with Crippen molar-refractivity contribution in [3.8, 4) is 17.1 Å². The molecular weight excluding hydrogens is 460 g/mol. The van der Waals surface area contributed by atoms with Crippen LogP contribution in [0.4, 0.5) is 5.69 Å². The van der Waals surface area contributed by atoms with E-state index in [0.29, 0.717) is 28.7 Å². The monoisotopic (exact) mass is 484 g/mol. The average molecular weight is 485 g/mol. The van der Waals surface area contributed by atoms with Gasteiger partial charge in [-0.05, 0) is 25.1 Å². The van der Waals surface area contributed by atoms with Gasteiger partial charge in [-0.2, -0.15) is 0 Å². The number of anilines is 1. The minimum Gasteiger partial charge on any atom is -0.495 e. The minimum atomic E-state index is -0.186. The number of benzene rings is 3. The molecular formula is C27H24N4O3S. The summed E-state index contributed by atoms with van der Waals surface area (Å²) in [6, 6.07) is 19.6. The molecule has 35 heavy (non-hydrogen) atoms. The maximum Gasteiger partial charge on any atom is 0.234 e. The number of carbonyl (C=O) groups excluding carboxylic acids is 1. The maximum atomic E-state index is 12.9. The molecule has 0 fully saturated rings. The van der Waals surface area contributed by atoms with Gasteiger partial charge in [-0.1, -0.05) is 59.8 Å². The number of methoxy groups -OCH3 is 1. The Kier molecular flexibility index (Phi) is 6.29. The Labute approximate surface area is 206 Å². The van der Waals surface area contributed by atoms with Crippen LogP contribution in [0.25, 0.3) is 33.3 Å². The summed E-state index contributed by atoms with van der Waals surface area (Å²) in [5, 5.41) is 14.2. The highest BCUT2D eigenvalue weighted by molar-refractivity contribution is 7.99.